The Morgan fingerprint density at radius 1 is 0.972 bits per heavy atom. The molecule has 182 valence electrons. The predicted octanol–water partition coefficient (Wildman–Crippen LogP) is 4.51. The second-order valence-electron chi connectivity index (χ2n) is 7.27. The Hall–Kier alpha value is -4.29. The monoisotopic (exact) mass is 520 g/mol. The summed E-state index contributed by atoms with van der Waals surface area (Å²) in [6.07, 6.45) is 1.64. The highest BCUT2D eigenvalue weighted by Gasteiger charge is 2.36. The van der Waals surface area contributed by atoms with E-state index in [1.165, 1.54) is 49.0 Å². The minimum absolute atomic E-state index is 0.0935. The Balaban J connectivity index is 1.59. The molecule has 36 heavy (non-hydrogen) atoms. The van der Waals surface area contributed by atoms with Crippen molar-refractivity contribution in [3.8, 4) is 28.5 Å². The zero-order valence-corrected chi connectivity index (χ0v) is 21.1. The first kappa shape index (κ1) is 23.5. The summed E-state index contributed by atoms with van der Waals surface area (Å²) in [5, 5.41) is 14.9. The van der Waals surface area contributed by atoms with Gasteiger partial charge >= 0.3 is 5.91 Å². The Morgan fingerprint density at radius 2 is 1.72 bits per heavy atom. The lowest BCUT2D eigenvalue weighted by Gasteiger charge is -2.13. The van der Waals surface area contributed by atoms with Crippen molar-refractivity contribution in [3.63, 3.8) is 0 Å². The topological polar surface area (TPSA) is 111 Å². The highest BCUT2D eigenvalue weighted by molar-refractivity contribution is 7.14. The molecule has 2 aromatic carbocycles. The quantitative estimate of drug-likeness (QED) is 0.340. The SMILES string of the molecule is COc1cc(C2=NN(c3nc(-c4ccccc4)cs3)C(=O)/C2=N\Nc2nccs2)cc(OC)c1OC. The van der Waals surface area contributed by atoms with Gasteiger partial charge in [-0.15, -0.1) is 22.7 Å². The average molecular weight is 521 g/mol. The van der Waals surface area contributed by atoms with E-state index in [0.29, 0.717) is 38.8 Å². The maximum atomic E-state index is 13.5. The van der Waals surface area contributed by atoms with Gasteiger partial charge in [0.05, 0.1) is 27.0 Å². The molecule has 10 nitrogen and oxygen atoms in total. The number of ether oxygens (including phenoxy) is 3. The molecule has 5 rings (SSSR count). The van der Waals surface area contributed by atoms with E-state index in [2.05, 4.69) is 25.6 Å². The fourth-order valence-corrected chi connectivity index (χ4v) is 4.77. The van der Waals surface area contributed by atoms with Crippen LogP contribution in [-0.4, -0.2) is 48.6 Å². The van der Waals surface area contributed by atoms with Crippen LogP contribution >= 0.6 is 22.7 Å². The summed E-state index contributed by atoms with van der Waals surface area (Å²) in [6, 6.07) is 13.2. The summed E-state index contributed by atoms with van der Waals surface area (Å²) in [5.74, 6) is 0.843. The average Bonchev–Trinajstić information content (AvgIpc) is 3.68. The van der Waals surface area contributed by atoms with E-state index < -0.39 is 5.91 Å². The molecule has 0 saturated heterocycles. The Labute approximate surface area is 214 Å². The lowest BCUT2D eigenvalue weighted by Crippen LogP contribution is -2.28. The van der Waals surface area contributed by atoms with Gasteiger partial charge in [0, 0.05) is 28.1 Å². The Kier molecular flexibility index (Phi) is 6.60. The molecule has 0 unspecified atom stereocenters. The number of carbonyl (C=O) groups excluding carboxylic acids is 1. The van der Waals surface area contributed by atoms with Crippen LogP contribution in [-0.2, 0) is 4.79 Å². The smallest absolute Gasteiger partial charge is 0.303 e. The molecular weight excluding hydrogens is 500 g/mol. The summed E-state index contributed by atoms with van der Waals surface area (Å²) < 4.78 is 16.4. The van der Waals surface area contributed by atoms with Crippen LogP contribution in [0.3, 0.4) is 0 Å². The molecule has 1 amide bonds. The third-order valence-corrected chi connectivity index (χ3v) is 6.69. The normalized spacial score (nSPS) is 14.2. The van der Waals surface area contributed by atoms with Gasteiger partial charge in [0.15, 0.2) is 17.2 Å². The van der Waals surface area contributed by atoms with E-state index >= 15 is 0 Å². The first-order valence-electron chi connectivity index (χ1n) is 10.6. The van der Waals surface area contributed by atoms with Gasteiger partial charge in [-0.1, -0.05) is 30.3 Å². The van der Waals surface area contributed by atoms with Crippen molar-refractivity contribution in [1.29, 1.82) is 0 Å². The minimum Gasteiger partial charge on any atom is -0.493 e. The maximum absolute atomic E-state index is 13.5. The zero-order chi connectivity index (χ0) is 25.1. The number of carbonyl (C=O) groups is 1. The van der Waals surface area contributed by atoms with Crippen molar-refractivity contribution >= 4 is 50.3 Å². The number of methoxy groups -OCH3 is 3. The number of anilines is 2. The number of amides is 1. The Morgan fingerprint density at radius 3 is 2.36 bits per heavy atom. The van der Waals surface area contributed by atoms with E-state index in [0.717, 1.165) is 11.3 Å². The van der Waals surface area contributed by atoms with Gasteiger partial charge < -0.3 is 14.2 Å². The maximum Gasteiger partial charge on any atom is 0.303 e. The molecule has 1 aliphatic rings. The van der Waals surface area contributed by atoms with Crippen LogP contribution in [0.2, 0.25) is 0 Å². The molecule has 2 aromatic heterocycles. The molecule has 0 aliphatic carbocycles. The zero-order valence-electron chi connectivity index (χ0n) is 19.5. The summed E-state index contributed by atoms with van der Waals surface area (Å²) in [5.41, 5.74) is 5.50. The number of nitrogens with one attached hydrogen (secondary N) is 1. The minimum atomic E-state index is -0.434. The summed E-state index contributed by atoms with van der Waals surface area (Å²) >= 11 is 2.67. The van der Waals surface area contributed by atoms with Crippen molar-refractivity contribution in [3.05, 3.63) is 65.0 Å². The van der Waals surface area contributed by atoms with Crippen molar-refractivity contribution < 1.29 is 19.0 Å². The standard InChI is InChI=1S/C24H20N6O4S2/c1-32-17-11-15(12-18(33-2)21(17)34-3)19-20(27-28-23-25-9-10-35-23)22(31)30(29-19)24-26-16(13-36-24)14-7-5-4-6-8-14/h4-13H,1-3H3,(H,25,28)/b27-20-. The molecule has 0 spiro atoms. The first-order valence-corrected chi connectivity index (χ1v) is 12.4. The molecule has 1 N–H and O–H groups in total. The van der Waals surface area contributed by atoms with Gasteiger partial charge in [0.1, 0.15) is 5.71 Å². The van der Waals surface area contributed by atoms with Crippen LogP contribution in [0, 0.1) is 0 Å². The molecule has 4 aromatic rings. The summed E-state index contributed by atoms with van der Waals surface area (Å²) in [6.45, 7) is 0. The van der Waals surface area contributed by atoms with Gasteiger partial charge in [-0.2, -0.15) is 15.2 Å². The van der Waals surface area contributed by atoms with Gasteiger partial charge in [-0.05, 0) is 12.1 Å². The second-order valence-corrected chi connectivity index (χ2v) is 9.00. The van der Waals surface area contributed by atoms with E-state index in [-0.39, 0.29) is 5.71 Å². The predicted molar refractivity (Wildman–Crippen MR) is 141 cm³/mol. The lowest BCUT2D eigenvalue weighted by molar-refractivity contribution is -0.112. The van der Waals surface area contributed by atoms with Gasteiger partial charge in [-0.3, -0.25) is 10.2 Å². The molecule has 0 atom stereocenters. The van der Waals surface area contributed by atoms with Crippen molar-refractivity contribution in [2.75, 3.05) is 31.8 Å². The lowest BCUT2D eigenvalue weighted by atomic mass is 10.0. The number of aromatic nitrogens is 2. The molecule has 1 aliphatic heterocycles. The number of nitrogens with zero attached hydrogens (tertiary/aromatic N) is 5. The molecule has 0 fully saturated rings. The van der Waals surface area contributed by atoms with Gasteiger partial charge in [0.25, 0.3) is 0 Å². The number of benzene rings is 2. The largest absolute Gasteiger partial charge is 0.493 e. The number of thiazole rings is 2. The number of hydrazone groups is 2. The van der Waals surface area contributed by atoms with Crippen molar-refractivity contribution in [2.45, 2.75) is 0 Å². The van der Waals surface area contributed by atoms with Crippen LogP contribution in [0.5, 0.6) is 17.2 Å². The summed E-state index contributed by atoms with van der Waals surface area (Å²) in [7, 11) is 4.57. The fourth-order valence-electron chi connectivity index (χ4n) is 3.52. The van der Waals surface area contributed by atoms with E-state index in [4.69, 9.17) is 14.2 Å². The third-order valence-electron chi connectivity index (χ3n) is 5.20. The van der Waals surface area contributed by atoms with Crippen LogP contribution in [0.1, 0.15) is 5.56 Å². The molecule has 0 bridgehead atoms. The number of hydrogen-bond acceptors (Lipinski definition) is 11. The number of hydrogen-bond donors (Lipinski definition) is 1. The highest BCUT2D eigenvalue weighted by Crippen LogP contribution is 2.39. The van der Waals surface area contributed by atoms with Crippen LogP contribution in [0.4, 0.5) is 10.3 Å². The Bertz CT molecular complexity index is 1430. The van der Waals surface area contributed by atoms with Crippen LogP contribution < -0.4 is 24.6 Å². The van der Waals surface area contributed by atoms with Gasteiger partial charge in [-0.25, -0.2) is 9.97 Å². The van der Waals surface area contributed by atoms with E-state index in [9.17, 15) is 4.79 Å². The van der Waals surface area contributed by atoms with Gasteiger partial charge in [0.2, 0.25) is 16.0 Å². The fraction of sp³-hybridized carbons (Fsp3) is 0.125. The molecule has 0 saturated carbocycles. The highest BCUT2D eigenvalue weighted by atomic mass is 32.1. The van der Waals surface area contributed by atoms with Crippen LogP contribution in [0.15, 0.2) is 69.6 Å². The van der Waals surface area contributed by atoms with E-state index in [1.807, 2.05) is 35.7 Å². The first-order chi connectivity index (χ1) is 17.6. The molecule has 3 heterocycles. The van der Waals surface area contributed by atoms with Crippen LogP contribution in [0.25, 0.3) is 11.3 Å². The van der Waals surface area contributed by atoms with Crippen molar-refractivity contribution in [2.24, 2.45) is 10.2 Å². The molecular formula is C24H20N6O4S2. The molecule has 0 radical (unpaired) electrons. The second kappa shape index (κ2) is 10.1. The van der Waals surface area contributed by atoms with Crippen molar-refractivity contribution in [1.82, 2.24) is 9.97 Å². The number of rotatable bonds is 8. The molecule has 12 heteroatoms. The van der Waals surface area contributed by atoms with E-state index in [1.54, 1.807) is 23.7 Å². The summed E-state index contributed by atoms with van der Waals surface area (Å²) in [4.78, 5) is 22.3. The third kappa shape index (κ3) is 4.39.